The molecule has 0 aliphatic heterocycles. The fraction of sp³-hybridized carbons (Fsp3) is 0.417. The van der Waals surface area contributed by atoms with E-state index in [2.05, 4.69) is 0 Å². The second kappa shape index (κ2) is 7.32. The molecule has 0 heterocycles. The Labute approximate surface area is 109 Å². The van der Waals surface area contributed by atoms with Crippen molar-refractivity contribution in [2.75, 3.05) is 19.8 Å². The van der Waals surface area contributed by atoms with Crippen LogP contribution in [0.15, 0.2) is 18.2 Å². The summed E-state index contributed by atoms with van der Waals surface area (Å²) in [5, 5.41) is 19.6. The molecule has 0 spiro atoms. The number of nitro groups is 1. The Kier molecular flexibility index (Phi) is 5.74. The van der Waals surface area contributed by atoms with Crippen LogP contribution in [0.2, 0.25) is 0 Å². The second-order valence-electron chi connectivity index (χ2n) is 3.64. The number of hydrogen-bond acceptors (Lipinski definition) is 5. The molecule has 0 aliphatic carbocycles. The van der Waals surface area contributed by atoms with Crippen LogP contribution in [-0.4, -0.2) is 35.8 Å². The lowest BCUT2D eigenvalue weighted by atomic mass is 10.1. The number of hydrogen-bond donors (Lipinski definition) is 1. The monoisotopic (exact) mass is 269 g/mol. The summed E-state index contributed by atoms with van der Waals surface area (Å²) in [5.41, 5.74) is -0.832. The summed E-state index contributed by atoms with van der Waals surface area (Å²) in [7, 11) is 0. The van der Waals surface area contributed by atoms with Crippen LogP contribution in [0.25, 0.3) is 0 Å². The third kappa shape index (κ3) is 4.55. The standard InChI is InChI=1S/C12H15NO6/c1-2-18-6-3-7-19-9-4-5-11(13(16)17)10(8-9)12(14)15/h4-5,8H,2-3,6-7H2,1H3,(H,14,15). The van der Waals surface area contributed by atoms with E-state index in [1.807, 2.05) is 6.92 Å². The molecule has 104 valence electrons. The van der Waals surface area contributed by atoms with Gasteiger partial charge >= 0.3 is 5.97 Å². The minimum Gasteiger partial charge on any atom is -0.493 e. The summed E-state index contributed by atoms with van der Waals surface area (Å²) in [5.74, 6) is -1.06. The fourth-order valence-corrected chi connectivity index (χ4v) is 1.43. The Morgan fingerprint density at radius 2 is 2.16 bits per heavy atom. The Bertz CT molecular complexity index is 460. The first-order chi connectivity index (χ1) is 9.06. The average Bonchev–Trinajstić information content (AvgIpc) is 2.38. The largest absolute Gasteiger partial charge is 0.493 e. The summed E-state index contributed by atoms with van der Waals surface area (Å²) in [6, 6.07) is 3.66. The molecule has 0 radical (unpaired) electrons. The molecular weight excluding hydrogens is 254 g/mol. The first-order valence-corrected chi connectivity index (χ1v) is 5.78. The van der Waals surface area contributed by atoms with Crippen LogP contribution in [-0.2, 0) is 4.74 Å². The molecule has 0 aromatic heterocycles. The molecule has 19 heavy (non-hydrogen) atoms. The van der Waals surface area contributed by atoms with E-state index >= 15 is 0 Å². The van der Waals surface area contributed by atoms with Gasteiger partial charge in [0.05, 0.1) is 11.5 Å². The van der Waals surface area contributed by atoms with Gasteiger partial charge in [-0.05, 0) is 13.0 Å². The summed E-state index contributed by atoms with van der Waals surface area (Å²) >= 11 is 0. The third-order valence-electron chi connectivity index (χ3n) is 2.30. The molecule has 0 amide bonds. The van der Waals surface area contributed by atoms with Gasteiger partial charge in [-0.2, -0.15) is 0 Å². The van der Waals surface area contributed by atoms with Crippen molar-refractivity contribution in [2.45, 2.75) is 13.3 Å². The van der Waals surface area contributed by atoms with Crippen LogP contribution in [0.1, 0.15) is 23.7 Å². The molecule has 1 aromatic rings. The zero-order valence-electron chi connectivity index (χ0n) is 10.5. The van der Waals surface area contributed by atoms with E-state index in [1.54, 1.807) is 0 Å². The second-order valence-corrected chi connectivity index (χ2v) is 3.64. The van der Waals surface area contributed by atoms with Crippen LogP contribution in [0.3, 0.4) is 0 Å². The van der Waals surface area contributed by atoms with E-state index in [1.165, 1.54) is 6.07 Å². The van der Waals surface area contributed by atoms with Gasteiger partial charge in [0.25, 0.3) is 5.69 Å². The molecule has 0 aliphatic rings. The predicted octanol–water partition coefficient (Wildman–Crippen LogP) is 2.10. The molecule has 0 unspecified atom stereocenters. The molecule has 1 aromatic carbocycles. The Morgan fingerprint density at radius 1 is 1.42 bits per heavy atom. The summed E-state index contributed by atoms with van der Waals surface area (Å²) in [4.78, 5) is 20.8. The topological polar surface area (TPSA) is 98.9 Å². The third-order valence-corrected chi connectivity index (χ3v) is 2.30. The number of nitrogens with zero attached hydrogens (tertiary/aromatic N) is 1. The molecule has 0 saturated heterocycles. The predicted molar refractivity (Wildman–Crippen MR) is 66.7 cm³/mol. The van der Waals surface area contributed by atoms with E-state index < -0.39 is 16.6 Å². The Hall–Kier alpha value is -2.15. The van der Waals surface area contributed by atoms with Crippen LogP contribution in [0, 0.1) is 10.1 Å². The highest BCUT2D eigenvalue weighted by Gasteiger charge is 2.20. The summed E-state index contributed by atoms with van der Waals surface area (Å²) in [6.45, 7) is 3.42. The van der Waals surface area contributed by atoms with Crippen molar-refractivity contribution in [3.8, 4) is 5.75 Å². The van der Waals surface area contributed by atoms with Crippen molar-refractivity contribution in [2.24, 2.45) is 0 Å². The first kappa shape index (κ1) is 14.9. The van der Waals surface area contributed by atoms with Gasteiger partial charge < -0.3 is 14.6 Å². The number of aromatic carboxylic acids is 1. The highest BCUT2D eigenvalue weighted by molar-refractivity contribution is 5.92. The van der Waals surface area contributed by atoms with Gasteiger partial charge in [-0.3, -0.25) is 10.1 Å². The van der Waals surface area contributed by atoms with Gasteiger partial charge in [0.2, 0.25) is 0 Å². The number of carboxylic acid groups (broad SMARTS) is 1. The molecule has 1 N–H and O–H groups in total. The molecule has 7 heteroatoms. The van der Waals surface area contributed by atoms with Crippen molar-refractivity contribution < 1.29 is 24.3 Å². The van der Waals surface area contributed by atoms with Gasteiger partial charge in [-0.25, -0.2) is 4.79 Å². The van der Waals surface area contributed by atoms with E-state index in [0.717, 1.165) is 12.1 Å². The maximum absolute atomic E-state index is 10.9. The lowest BCUT2D eigenvalue weighted by molar-refractivity contribution is -0.385. The van der Waals surface area contributed by atoms with Crippen molar-refractivity contribution in [3.63, 3.8) is 0 Å². The van der Waals surface area contributed by atoms with Crippen molar-refractivity contribution >= 4 is 11.7 Å². The molecule has 0 fully saturated rings. The smallest absolute Gasteiger partial charge is 0.342 e. The van der Waals surface area contributed by atoms with Gasteiger partial charge in [0.1, 0.15) is 11.3 Å². The normalized spacial score (nSPS) is 10.2. The van der Waals surface area contributed by atoms with E-state index in [-0.39, 0.29) is 5.56 Å². The average molecular weight is 269 g/mol. The highest BCUT2D eigenvalue weighted by Crippen LogP contribution is 2.24. The fourth-order valence-electron chi connectivity index (χ4n) is 1.43. The van der Waals surface area contributed by atoms with E-state index in [4.69, 9.17) is 14.6 Å². The number of rotatable bonds is 8. The minimum absolute atomic E-state index is 0.291. The number of ether oxygens (including phenoxy) is 2. The highest BCUT2D eigenvalue weighted by atomic mass is 16.6. The zero-order chi connectivity index (χ0) is 14.3. The number of carboxylic acids is 1. The maximum Gasteiger partial charge on any atom is 0.342 e. The number of carbonyl (C=O) groups is 1. The van der Waals surface area contributed by atoms with Crippen molar-refractivity contribution in [1.82, 2.24) is 0 Å². The van der Waals surface area contributed by atoms with Crippen molar-refractivity contribution in [3.05, 3.63) is 33.9 Å². The van der Waals surface area contributed by atoms with Crippen LogP contribution >= 0.6 is 0 Å². The van der Waals surface area contributed by atoms with E-state index in [9.17, 15) is 14.9 Å². The maximum atomic E-state index is 10.9. The Balaban J connectivity index is 2.68. The Morgan fingerprint density at radius 3 is 2.74 bits per heavy atom. The van der Waals surface area contributed by atoms with Gasteiger partial charge in [-0.15, -0.1) is 0 Å². The summed E-state index contributed by atoms with van der Waals surface area (Å²) in [6.07, 6.45) is 0.660. The molecular formula is C12H15NO6. The molecule has 0 saturated carbocycles. The van der Waals surface area contributed by atoms with Crippen LogP contribution < -0.4 is 4.74 Å². The van der Waals surface area contributed by atoms with Gasteiger partial charge in [-0.1, -0.05) is 0 Å². The SMILES string of the molecule is CCOCCCOc1ccc([N+](=O)[O-])c(C(=O)O)c1. The molecule has 7 nitrogen and oxygen atoms in total. The van der Waals surface area contributed by atoms with Crippen LogP contribution in [0.4, 0.5) is 5.69 Å². The quantitative estimate of drug-likeness (QED) is 0.440. The molecule has 0 atom stereocenters. The van der Waals surface area contributed by atoms with Gasteiger partial charge in [0.15, 0.2) is 0 Å². The van der Waals surface area contributed by atoms with E-state index in [0.29, 0.717) is 32.0 Å². The zero-order valence-corrected chi connectivity index (χ0v) is 10.5. The number of benzene rings is 1. The van der Waals surface area contributed by atoms with Crippen molar-refractivity contribution in [1.29, 1.82) is 0 Å². The first-order valence-electron chi connectivity index (χ1n) is 5.78. The number of nitro benzene ring substituents is 1. The lowest BCUT2D eigenvalue weighted by Crippen LogP contribution is -2.06. The minimum atomic E-state index is -1.36. The lowest BCUT2D eigenvalue weighted by Gasteiger charge is -2.07. The van der Waals surface area contributed by atoms with Crippen LogP contribution in [0.5, 0.6) is 5.75 Å². The molecule has 1 rings (SSSR count). The molecule has 0 bridgehead atoms. The summed E-state index contributed by atoms with van der Waals surface area (Å²) < 4.78 is 10.4. The van der Waals surface area contributed by atoms with Gasteiger partial charge in [0, 0.05) is 31.8 Å².